The summed E-state index contributed by atoms with van der Waals surface area (Å²) in [5, 5.41) is 0. The third-order valence-corrected chi connectivity index (χ3v) is 5.64. The Labute approximate surface area is 189 Å². The van der Waals surface area contributed by atoms with Crippen LogP contribution < -0.4 is 9.30 Å². The van der Waals surface area contributed by atoms with Crippen molar-refractivity contribution < 1.29 is 9.30 Å². The number of nitrogens with zero attached hydrogens (tertiary/aromatic N) is 1. The second kappa shape index (κ2) is 8.91. The van der Waals surface area contributed by atoms with E-state index < -0.39 is 0 Å². The summed E-state index contributed by atoms with van der Waals surface area (Å²) >= 11 is 0. The number of hydrogen-bond donors (Lipinski definition) is 0. The minimum Gasteiger partial charge on any atom is -0.497 e. The van der Waals surface area contributed by atoms with Gasteiger partial charge in [-0.05, 0) is 47.5 Å². The zero-order valence-electron chi connectivity index (χ0n) is 18.0. The molecule has 1 aromatic heterocycles. The highest BCUT2D eigenvalue weighted by Crippen LogP contribution is 2.31. The molecule has 0 spiro atoms. The fourth-order valence-corrected chi connectivity index (χ4v) is 4.04. The molecule has 0 N–H and O–H groups in total. The molecule has 1 heterocycles. The number of para-hydroxylation sites is 1. The van der Waals surface area contributed by atoms with Crippen LogP contribution in [0.25, 0.3) is 39.3 Å². The van der Waals surface area contributed by atoms with Gasteiger partial charge in [0.1, 0.15) is 5.75 Å². The Morgan fingerprint density at radius 2 is 0.938 bits per heavy atom. The van der Waals surface area contributed by atoms with Crippen LogP contribution in [0.4, 0.5) is 0 Å². The highest BCUT2D eigenvalue weighted by atomic mass is 16.5. The molecule has 2 nitrogen and oxygen atoms in total. The molecular weight excluding hydrogens is 390 g/mol. The van der Waals surface area contributed by atoms with Crippen LogP contribution in [0.3, 0.4) is 0 Å². The number of benzene rings is 4. The Kier molecular flexibility index (Phi) is 5.50. The van der Waals surface area contributed by atoms with Gasteiger partial charge in [0, 0.05) is 35.4 Å². The van der Waals surface area contributed by atoms with Gasteiger partial charge in [-0.15, -0.1) is 0 Å². The molecule has 0 saturated heterocycles. The van der Waals surface area contributed by atoms with Crippen molar-refractivity contribution in [2.24, 2.45) is 0 Å². The van der Waals surface area contributed by atoms with E-state index in [1.165, 1.54) is 11.1 Å². The normalized spacial score (nSPS) is 10.7. The molecule has 5 rings (SSSR count). The van der Waals surface area contributed by atoms with Crippen molar-refractivity contribution in [2.45, 2.75) is 0 Å². The molecule has 0 radical (unpaired) electrons. The van der Waals surface area contributed by atoms with Crippen LogP contribution in [0.15, 0.2) is 127 Å². The average molecular weight is 415 g/mol. The molecule has 0 saturated carbocycles. The van der Waals surface area contributed by atoms with Gasteiger partial charge < -0.3 is 4.74 Å². The van der Waals surface area contributed by atoms with Gasteiger partial charge in [0.25, 0.3) is 0 Å². The zero-order chi connectivity index (χ0) is 21.8. The summed E-state index contributed by atoms with van der Waals surface area (Å²) in [5.74, 6) is 0.857. The van der Waals surface area contributed by atoms with Crippen molar-refractivity contribution in [2.75, 3.05) is 7.11 Å². The van der Waals surface area contributed by atoms with Crippen LogP contribution in [0, 0.1) is 0 Å². The minimum absolute atomic E-state index is 0.857. The van der Waals surface area contributed by atoms with Crippen LogP contribution in [0.5, 0.6) is 5.75 Å². The van der Waals surface area contributed by atoms with E-state index in [1.54, 1.807) is 7.11 Å². The first-order valence-electron chi connectivity index (χ1n) is 10.7. The van der Waals surface area contributed by atoms with E-state index in [-0.39, 0.29) is 0 Å². The molecule has 154 valence electrons. The van der Waals surface area contributed by atoms with Crippen LogP contribution in [-0.4, -0.2) is 7.11 Å². The summed E-state index contributed by atoms with van der Waals surface area (Å²) in [7, 11) is 1.70. The number of hydrogen-bond acceptors (Lipinski definition) is 1. The molecule has 0 aliphatic heterocycles. The minimum atomic E-state index is 0.857. The number of aromatic nitrogens is 1. The first-order valence-corrected chi connectivity index (χ1v) is 10.7. The predicted octanol–water partition coefficient (Wildman–Crippen LogP) is 6.97. The van der Waals surface area contributed by atoms with Crippen LogP contribution in [0.1, 0.15) is 0 Å². The van der Waals surface area contributed by atoms with Crippen molar-refractivity contribution >= 4 is 0 Å². The van der Waals surface area contributed by atoms with Gasteiger partial charge in [-0.1, -0.05) is 66.7 Å². The first kappa shape index (κ1) is 19.8. The molecular formula is C30H24NO+. The molecule has 0 aliphatic rings. The fourth-order valence-electron chi connectivity index (χ4n) is 4.04. The molecule has 4 aromatic carbocycles. The lowest BCUT2D eigenvalue weighted by Gasteiger charge is -2.13. The SMILES string of the molecule is COc1ccc(-c2cc(-c3ccccc3)[n+](-c3ccccc3)c(-c3ccccc3)c2)cc1. The summed E-state index contributed by atoms with van der Waals surface area (Å²) in [6.07, 6.45) is 0. The summed E-state index contributed by atoms with van der Waals surface area (Å²) in [6, 6.07) is 44.5. The highest BCUT2D eigenvalue weighted by molar-refractivity contribution is 5.74. The third kappa shape index (κ3) is 3.91. The van der Waals surface area contributed by atoms with E-state index in [0.29, 0.717) is 0 Å². The lowest BCUT2D eigenvalue weighted by molar-refractivity contribution is -0.572. The van der Waals surface area contributed by atoms with E-state index >= 15 is 0 Å². The smallest absolute Gasteiger partial charge is 0.219 e. The monoisotopic (exact) mass is 414 g/mol. The number of ether oxygens (including phenoxy) is 1. The molecule has 32 heavy (non-hydrogen) atoms. The Morgan fingerprint density at radius 1 is 0.469 bits per heavy atom. The molecule has 0 fully saturated rings. The van der Waals surface area contributed by atoms with Gasteiger partial charge in [-0.25, -0.2) is 0 Å². The van der Waals surface area contributed by atoms with E-state index in [9.17, 15) is 0 Å². The van der Waals surface area contributed by atoms with Crippen molar-refractivity contribution in [1.29, 1.82) is 0 Å². The Bertz CT molecular complexity index is 1250. The van der Waals surface area contributed by atoms with Crippen molar-refractivity contribution in [3.05, 3.63) is 127 Å². The van der Waals surface area contributed by atoms with Crippen molar-refractivity contribution in [1.82, 2.24) is 0 Å². The lowest BCUT2D eigenvalue weighted by atomic mass is 9.98. The van der Waals surface area contributed by atoms with Crippen LogP contribution in [-0.2, 0) is 0 Å². The standard InChI is InChI=1S/C30H24NO/c1-32-28-19-17-23(18-20-28)26-21-29(24-11-5-2-6-12-24)31(27-15-9-4-10-16-27)30(22-26)25-13-7-3-8-14-25/h2-22H,1H3/q+1. The topological polar surface area (TPSA) is 13.1 Å². The van der Waals surface area contributed by atoms with Gasteiger partial charge in [0.05, 0.1) is 7.11 Å². The summed E-state index contributed by atoms with van der Waals surface area (Å²) < 4.78 is 7.71. The summed E-state index contributed by atoms with van der Waals surface area (Å²) in [5.41, 5.74) is 8.07. The van der Waals surface area contributed by atoms with Crippen molar-refractivity contribution in [3.8, 4) is 45.1 Å². The molecule has 0 amide bonds. The Hall–Kier alpha value is -4.17. The maximum absolute atomic E-state index is 5.36. The lowest BCUT2D eigenvalue weighted by Crippen LogP contribution is -2.36. The quantitative estimate of drug-likeness (QED) is 0.283. The second-order valence-electron chi connectivity index (χ2n) is 7.65. The first-order chi connectivity index (χ1) is 15.8. The summed E-state index contributed by atoms with van der Waals surface area (Å²) in [6.45, 7) is 0. The van der Waals surface area contributed by atoms with Crippen LogP contribution >= 0.6 is 0 Å². The molecule has 0 atom stereocenters. The number of methoxy groups -OCH3 is 1. The predicted molar refractivity (Wildman–Crippen MR) is 131 cm³/mol. The van der Waals surface area contributed by atoms with Gasteiger partial charge in [-0.2, -0.15) is 4.57 Å². The molecule has 0 unspecified atom stereocenters. The molecule has 0 aliphatic carbocycles. The molecule has 2 heteroatoms. The fraction of sp³-hybridized carbons (Fsp3) is 0.0333. The maximum atomic E-state index is 5.36. The number of rotatable bonds is 5. The molecule has 5 aromatic rings. The third-order valence-electron chi connectivity index (χ3n) is 5.64. The number of pyridine rings is 1. The van der Waals surface area contributed by atoms with E-state index in [1.807, 2.05) is 12.1 Å². The van der Waals surface area contributed by atoms with E-state index in [4.69, 9.17) is 4.74 Å². The van der Waals surface area contributed by atoms with Gasteiger partial charge in [-0.3, -0.25) is 0 Å². The largest absolute Gasteiger partial charge is 0.497 e. The maximum Gasteiger partial charge on any atom is 0.219 e. The van der Waals surface area contributed by atoms with Gasteiger partial charge >= 0.3 is 0 Å². The Morgan fingerprint density at radius 3 is 1.41 bits per heavy atom. The van der Waals surface area contributed by atoms with Crippen LogP contribution in [0.2, 0.25) is 0 Å². The Balaban J connectivity index is 1.83. The average Bonchev–Trinajstić information content (AvgIpc) is 2.89. The van der Waals surface area contributed by atoms with Gasteiger partial charge in [0.2, 0.25) is 17.1 Å². The highest BCUT2D eigenvalue weighted by Gasteiger charge is 2.24. The van der Waals surface area contributed by atoms with E-state index in [2.05, 4.69) is 120 Å². The van der Waals surface area contributed by atoms with Gasteiger partial charge in [0.15, 0.2) is 0 Å². The second-order valence-corrected chi connectivity index (χ2v) is 7.65. The zero-order valence-corrected chi connectivity index (χ0v) is 18.0. The van der Waals surface area contributed by atoms with E-state index in [0.717, 1.165) is 34.0 Å². The molecule has 0 bridgehead atoms. The summed E-state index contributed by atoms with van der Waals surface area (Å²) in [4.78, 5) is 0. The van der Waals surface area contributed by atoms with Crippen molar-refractivity contribution in [3.63, 3.8) is 0 Å².